The molecule has 0 unspecified atom stereocenters. The zero-order chi connectivity index (χ0) is 20.5. The summed E-state index contributed by atoms with van der Waals surface area (Å²) in [6, 6.07) is 4.56. The van der Waals surface area contributed by atoms with Crippen LogP contribution >= 0.6 is 0 Å². The van der Waals surface area contributed by atoms with Crippen LogP contribution in [0.15, 0.2) is 23.4 Å². The molecule has 0 aliphatic carbocycles. The van der Waals surface area contributed by atoms with Crippen LogP contribution in [0.2, 0.25) is 0 Å². The zero-order valence-electron chi connectivity index (χ0n) is 15.9. The average Bonchev–Trinajstić information content (AvgIpc) is 3.13. The van der Waals surface area contributed by atoms with Crippen molar-refractivity contribution in [3.8, 4) is 11.5 Å². The van der Waals surface area contributed by atoms with Crippen LogP contribution < -0.4 is 20.1 Å². The van der Waals surface area contributed by atoms with Crippen molar-refractivity contribution in [2.75, 3.05) is 20.0 Å². The Kier molecular flexibility index (Phi) is 7.61. The van der Waals surface area contributed by atoms with E-state index in [-0.39, 0.29) is 12.8 Å². The van der Waals surface area contributed by atoms with Crippen LogP contribution in [0.3, 0.4) is 0 Å². The molecule has 1 aromatic rings. The van der Waals surface area contributed by atoms with E-state index in [9.17, 15) is 14.4 Å². The lowest BCUT2D eigenvalue weighted by Crippen LogP contribution is -2.44. The lowest BCUT2D eigenvalue weighted by molar-refractivity contribution is -0.152. The van der Waals surface area contributed by atoms with Crippen molar-refractivity contribution in [2.45, 2.75) is 33.2 Å². The summed E-state index contributed by atoms with van der Waals surface area (Å²) in [5, 5.41) is 8.45. The Hall–Kier alpha value is -3.30. The number of rotatable bonds is 8. The van der Waals surface area contributed by atoms with Crippen molar-refractivity contribution < 1.29 is 33.4 Å². The van der Waals surface area contributed by atoms with Gasteiger partial charge in [0.2, 0.25) is 13.4 Å². The van der Waals surface area contributed by atoms with Gasteiger partial charge in [0, 0.05) is 11.6 Å². The number of nitrogens with one attached hydrogen (secondary N) is 2. The molecular formula is C18H23N3O7. The summed E-state index contributed by atoms with van der Waals surface area (Å²) in [4.78, 5) is 39.6. The third-order valence-electron chi connectivity index (χ3n) is 3.78. The van der Waals surface area contributed by atoms with E-state index < -0.39 is 31.1 Å². The predicted octanol–water partition coefficient (Wildman–Crippen LogP) is 1.32. The quantitative estimate of drug-likeness (QED) is 0.388. The van der Waals surface area contributed by atoms with E-state index in [4.69, 9.17) is 19.0 Å². The molecule has 1 aromatic carbocycles. The molecule has 3 amide bonds. The summed E-state index contributed by atoms with van der Waals surface area (Å²) in [7, 11) is 0. The molecule has 28 heavy (non-hydrogen) atoms. The molecule has 0 spiro atoms. The highest BCUT2D eigenvalue weighted by molar-refractivity contribution is 5.99. The number of carbonyl (C=O) groups is 3. The van der Waals surface area contributed by atoms with Gasteiger partial charge >= 0.3 is 12.0 Å². The predicted molar refractivity (Wildman–Crippen MR) is 98.1 cm³/mol. The van der Waals surface area contributed by atoms with Gasteiger partial charge in [0.25, 0.3) is 5.91 Å². The average molecular weight is 393 g/mol. The number of ether oxygens (including phenoxy) is 3. The summed E-state index contributed by atoms with van der Waals surface area (Å²) in [6.45, 7) is 4.49. The Morgan fingerprint density at radius 2 is 1.96 bits per heavy atom. The minimum atomic E-state index is -0.792. The number of hydrogen-bond acceptors (Lipinski definition) is 8. The maximum absolute atomic E-state index is 11.6. The molecule has 1 heterocycles. The molecule has 10 nitrogen and oxygen atoms in total. The van der Waals surface area contributed by atoms with Gasteiger partial charge < -0.3 is 24.4 Å². The number of oxime groups is 1. The first-order valence-electron chi connectivity index (χ1n) is 8.71. The van der Waals surface area contributed by atoms with E-state index >= 15 is 0 Å². The molecule has 0 radical (unpaired) electrons. The Morgan fingerprint density at radius 1 is 1.21 bits per heavy atom. The molecule has 0 fully saturated rings. The molecule has 152 valence electrons. The third-order valence-corrected chi connectivity index (χ3v) is 3.78. The first-order chi connectivity index (χ1) is 13.4. The van der Waals surface area contributed by atoms with E-state index in [1.165, 1.54) is 0 Å². The summed E-state index contributed by atoms with van der Waals surface area (Å²) in [6.07, 6.45) is 0.722. The second kappa shape index (κ2) is 10.1. The number of imide groups is 1. The second-order valence-electron chi connectivity index (χ2n) is 6.01. The molecular weight excluding hydrogens is 370 g/mol. The molecule has 2 N–H and O–H groups in total. The van der Waals surface area contributed by atoms with Crippen molar-refractivity contribution in [3.63, 3.8) is 0 Å². The molecule has 1 aliphatic rings. The Morgan fingerprint density at radius 3 is 2.71 bits per heavy atom. The number of esters is 1. The fourth-order valence-corrected chi connectivity index (χ4v) is 2.07. The van der Waals surface area contributed by atoms with Crippen LogP contribution in [0.4, 0.5) is 4.79 Å². The second-order valence-corrected chi connectivity index (χ2v) is 6.01. The number of carbonyl (C=O) groups excluding carboxylic acids is 3. The summed E-state index contributed by atoms with van der Waals surface area (Å²) in [5.74, 6) is -0.277. The van der Waals surface area contributed by atoms with Crippen LogP contribution in [-0.2, 0) is 19.2 Å². The van der Waals surface area contributed by atoms with E-state index in [1.807, 2.05) is 6.92 Å². The number of amides is 3. The van der Waals surface area contributed by atoms with Crippen LogP contribution in [0.5, 0.6) is 11.5 Å². The lowest BCUT2D eigenvalue weighted by Gasteiger charge is -2.11. The first kappa shape index (κ1) is 21.0. The molecule has 1 atom stereocenters. The van der Waals surface area contributed by atoms with Crippen molar-refractivity contribution >= 4 is 23.6 Å². The fourth-order valence-electron chi connectivity index (χ4n) is 2.07. The van der Waals surface area contributed by atoms with Crippen LogP contribution in [-0.4, -0.2) is 49.7 Å². The molecule has 2 rings (SSSR count). The van der Waals surface area contributed by atoms with Gasteiger partial charge in [-0.25, -0.2) is 9.59 Å². The van der Waals surface area contributed by atoms with Crippen molar-refractivity contribution in [2.24, 2.45) is 5.16 Å². The maximum Gasteiger partial charge on any atom is 0.347 e. The summed E-state index contributed by atoms with van der Waals surface area (Å²) >= 11 is 0. The number of urea groups is 1. The Labute approximate surface area is 162 Å². The summed E-state index contributed by atoms with van der Waals surface area (Å²) < 4.78 is 15.2. The summed E-state index contributed by atoms with van der Waals surface area (Å²) in [5.41, 5.74) is 1.26. The number of hydrogen-bond donors (Lipinski definition) is 2. The highest BCUT2D eigenvalue weighted by atomic mass is 16.7. The van der Waals surface area contributed by atoms with Gasteiger partial charge in [0.05, 0.1) is 5.71 Å². The van der Waals surface area contributed by atoms with Crippen molar-refractivity contribution in [1.29, 1.82) is 0 Å². The first-order valence-corrected chi connectivity index (χ1v) is 8.71. The van der Waals surface area contributed by atoms with Crippen LogP contribution in [0, 0.1) is 0 Å². The molecule has 0 aromatic heterocycles. The van der Waals surface area contributed by atoms with Crippen molar-refractivity contribution in [3.05, 3.63) is 23.8 Å². The zero-order valence-corrected chi connectivity index (χ0v) is 15.9. The highest BCUT2D eigenvalue weighted by Crippen LogP contribution is 2.32. The van der Waals surface area contributed by atoms with Crippen LogP contribution in [0.1, 0.15) is 32.8 Å². The molecule has 10 heteroatoms. The van der Waals surface area contributed by atoms with E-state index in [1.54, 1.807) is 32.0 Å². The van der Waals surface area contributed by atoms with E-state index in [2.05, 4.69) is 15.8 Å². The van der Waals surface area contributed by atoms with Crippen LogP contribution in [0.25, 0.3) is 0 Å². The molecule has 0 saturated heterocycles. The van der Waals surface area contributed by atoms with Gasteiger partial charge in [-0.3, -0.25) is 10.1 Å². The van der Waals surface area contributed by atoms with Gasteiger partial charge in [0.1, 0.15) is 0 Å². The third kappa shape index (κ3) is 6.45. The fraction of sp³-hybridized carbons (Fsp3) is 0.444. The van der Waals surface area contributed by atoms with Crippen molar-refractivity contribution in [1.82, 2.24) is 10.6 Å². The number of fused-ring (bicyclic) bond motifs is 1. The monoisotopic (exact) mass is 393 g/mol. The number of benzene rings is 1. The maximum atomic E-state index is 11.6. The molecule has 1 aliphatic heterocycles. The van der Waals surface area contributed by atoms with E-state index in [0.29, 0.717) is 17.2 Å². The largest absolute Gasteiger partial charge is 0.454 e. The topological polar surface area (TPSA) is 125 Å². The Bertz CT molecular complexity index is 764. The van der Waals surface area contributed by atoms with Gasteiger partial charge in [-0.1, -0.05) is 12.1 Å². The molecule has 0 bridgehead atoms. The van der Waals surface area contributed by atoms with Gasteiger partial charge in [-0.2, -0.15) is 0 Å². The van der Waals surface area contributed by atoms with Gasteiger partial charge in [-0.15, -0.1) is 0 Å². The normalized spacial score (nSPS) is 13.5. The minimum absolute atomic E-state index is 0.0744. The number of nitrogens with zero attached hydrogens (tertiary/aromatic N) is 1. The highest BCUT2D eigenvalue weighted by Gasteiger charge is 2.15. The Balaban J connectivity index is 1.70. The van der Waals surface area contributed by atoms with Gasteiger partial charge in [0.15, 0.2) is 18.1 Å². The van der Waals surface area contributed by atoms with Gasteiger partial charge in [-0.05, 0) is 38.5 Å². The minimum Gasteiger partial charge on any atom is -0.454 e. The standard InChI is InChI=1S/C18H23N3O7/c1-4-11(2)19-18(24)20-16(22)8-25-17(23)9-28-21-12(3)13-5-6-14-15(7-13)27-10-26-14/h5-7,11H,4,8-10H2,1-3H3,(H2,19,20,22,24)/b21-12-/t11-/m1/s1. The molecule has 0 saturated carbocycles. The van der Waals surface area contributed by atoms with E-state index in [0.717, 1.165) is 12.0 Å². The lowest BCUT2D eigenvalue weighted by atomic mass is 10.1. The smallest absolute Gasteiger partial charge is 0.347 e. The SMILES string of the molecule is CC[C@@H](C)NC(=O)NC(=O)COC(=O)CO/N=C(/C)c1ccc2c(c1)OCO2.